The van der Waals surface area contributed by atoms with E-state index in [0.29, 0.717) is 37.6 Å². The molecular formula is C26H30N2O5. The smallest absolute Gasteiger partial charge is 0.295 e. The van der Waals surface area contributed by atoms with E-state index >= 15 is 0 Å². The van der Waals surface area contributed by atoms with Gasteiger partial charge in [0.1, 0.15) is 11.5 Å². The number of aliphatic hydroxyl groups excluding tert-OH is 1. The van der Waals surface area contributed by atoms with Gasteiger partial charge in [-0.3, -0.25) is 14.5 Å². The molecule has 0 saturated carbocycles. The lowest BCUT2D eigenvalue weighted by molar-refractivity contribution is -0.140. The number of aryl methyl sites for hydroxylation is 1. The molecule has 7 nitrogen and oxygen atoms in total. The maximum Gasteiger partial charge on any atom is 0.295 e. The van der Waals surface area contributed by atoms with Crippen molar-refractivity contribution in [3.8, 4) is 5.75 Å². The van der Waals surface area contributed by atoms with E-state index in [1.54, 1.807) is 36.3 Å². The van der Waals surface area contributed by atoms with Gasteiger partial charge in [-0.2, -0.15) is 0 Å². The van der Waals surface area contributed by atoms with Gasteiger partial charge >= 0.3 is 0 Å². The highest BCUT2D eigenvalue weighted by Crippen LogP contribution is 2.39. The number of ether oxygens (including phenoxy) is 2. The van der Waals surface area contributed by atoms with Crippen LogP contribution in [0.2, 0.25) is 0 Å². The number of hydrogen-bond donors (Lipinski definition) is 1. The molecular weight excluding hydrogens is 420 g/mol. The van der Waals surface area contributed by atoms with Crippen LogP contribution in [-0.4, -0.2) is 73.1 Å². The Kier molecular flexibility index (Phi) is 7.11. The molecule has 2 aromatic carbocycles. The normalized spacial score (nSPS) is 20.9. The molecule has 2 heterocycles. The number of likely N-dealkylation sites (tertiary alicyclic amines) is 1. The summed E-state index contributed by atoms with van der Waals surface area (Å²) in [6.45, 7) is 6.04. The van der Waals surface area contributed by atoms with Crippen molar-refractivity contribution in [1.29, 1.82) is 0 Å². The minimum absolute atomic E-state index is 0.122. The molecule has 2 fully saturated rings. The summed E-state index contributed by atoms with van der Waals surface area (Å²) in [7, 11) is 1.56. The van der Waals surface area contributed by atoms with Crippen LogP contribution in [-0.2, 0) is 20.7 Å². The number of amides is 1. The predicted octanol–water partition coefficient (Wildman–Crippen LogP) is 3.01. The second-order valence-electron chi connectivity index (χ2n) is 8.27. The lowest BCUT2D eigenvalue weighted by Gasteiger charge is -2.31. The zero-order valence-corrected chi connectivity index (χ0v) is 19.1. The third kappa shape index (κ3) is 4.79. The predicted molar refractivity (Wildman–Crippen MR) is 125 cm³/mol. The average molecular weight is 451 g/mol. The van der Waals surface area contributed by atoms with Crippen molar-refractivity contribution in [1.82, 2.24) is 9.80 Å². The van der Waals surface area contributed by atoms with Gasteiger partial charge in [-0.25, -0.2) is 0 Å². The summed E-state index contributed by atoms with van der Waals surface area (Å²) in [5.41, 5.74) is 2.57. The van der Waals surface area contributed by atoms with Gasteiger partial charge in [-0.05, 0) is 41.8 Å². The number of carbonyl (C=O) groups excluding carboxylic acids is 2. The molecule has 4 rings (SSSR count). The fourth-order valence-electron chi connectivity index (χ4n) is 4.37. The minimum atomic E-state index is -0.658. The van der Waals surface area contributed by atoms with Crippen LogP contribution in [0.5, 0.6) is 5.75 Å². The number of rotatable bonds is 7. The van der Waals surface area contributed by atoms with Crippen molar-refractivity contribution in [2.75, 3.05) is 46.5 Å². The molecule has 0 unspecified atom stereocenters. The first kappa shape index (κ1) is 23.0. The van der Waals surface area contributed by atoms with Gasteiger partial charge in [0.15, 0.2) is 0 Å². The van der Waals surface area contributed by atoms with Gasteiger partial charge in [-0.15, -0.1) is 0 Å². The molecule has 0 aromatic heterocycles. The zero-order valence-electron chi connectivity index (χ0n) is 19.1. The molecule has 7 heteroatoms. The molecule has 1 atom stereocenters. The maximum atomic E-state index is 13.1. The van der Waals surface area contributed by atoms with Crippen LogP contribution in [0.4, 0.5) is 0 Å². The molecule has 2 saturated heterocycles. The van der Waals surface area contributed by atoms with Gasteiger partial charge in [0.2, 0.25) is 0 Å². The number of methoxy groups -OCH3 is 1. The van der Waals surface area contributed by atoms with E-state index in [4.69, 9.17) is 9.47 Å². The highest BCUT2D eigenvalue weighted by atomic mass is 16.5. The summed E-state index contributed by atoms with van der Waals surface area (Å²) < 4.78 is 10.6. The molecule has 0 spiro atoms. The summed E-state index contributed by atoms with van der Waals surface area (Å²) in [4.78, 5) is 30.1. The first-order valence-electron chi connectivity index (χ1n) is 11.3. The molecule has 0 bridgehead atoms. The fraction of sp³-hybridized carbons (Fsp3) is 0.385. The number of carbonyl (C=O) groups is 2. The lowest BCUT2D eigenvalue weighted by atomic mass is 9.94. The number of ketones is 1. The van der Waals surface area contributed by atoms with Crippen molar-refractivity contribution in [2.45, 2.75) is 19.4 Å². The van der Waals surface area contributed by atoms with Crippen molar-refractivity contribution < 1.29 is 24.2 Å². The zero-order chi connectivity index (χ0) is 23.4. The standard InChI is InChI=1S/C26H30N2O5/c1-3-18-4-6-19(7-5-18)23-22(24(29)20-8-10-21(32-2)11-9-20)25(30)26(31)28(23)13-12-27-14-16-33-17-15-27/h4-11,23,29H,3,12-17H2,1-2H3/t23-/m0/s1. The van der Waals surface area contributed by atoms with Crippen molar-refractivity contribution in [3.63, 3.8) is 0 Å². The highest BCUT2D eigenvalue weighted by molar-refractivity contribution is 6.46. The van der Waals surface area contributed by atoms with E-state index in [0.717, 1.165) is 25.1 Å². The van der Waals surface area contributed by atoms with Crippen LogP contribution in [0.15, 0.2) is 54.1 Å². The van der Waals surface area contributed by atoms with E-state index in [1.807, 2.05) is 24.3 Å². The number of hydrogen-bond acceptors (Lipinski definition) is 6. The Morgan fingerprint density at radius 1 is 1.03 bits per heavy atom. The van der Waals surface area contributed by atoms with E-state index in [-0.39, 0.29) is 11.3 Å². The van der Waals surface area contributed by atoms with Crippen LogP contribution >= 0.6 is 0 Å². The van der Waals surface area contributed by atoms with Gasteiger partial charge in [0, 0.05) is 31.7 Å². The first-order chi connectivity index (χ1) is 16.0. The second kappa shape index (κ2) is 10.2. The lowest BCUT2D eigenvalue weighted by Crippen LogP contribution is -2.42. The van der Waals surface area contributed by atoms with Crippen LogP contribution in [0.1, 0.15) is 29.7 Å². The molecule has 1 N–H and O–H groups in total. The number of benzene rings is 2. The topological polar surface area (TPSA) is 79.3 Å². The first-order valence-corrected chi connectivity index (χ1v) is 11.3. The quantitative estimate of drug-likeness (QED) is 0.397. The van der Waals surface area contributed by atoms with Gasteiger partial charge in [0.05, 0.1) is 31.9 Å². The Morgan fingerprint density at radius 2 is 1.70 bits per heavy atom. The molecule has 2 aromatic rings. The number of nitrogens with zero attached hydrogens (tertiary/aromatic N) is 2. The Hall–Kier alpha value is -3.16. The van der Waals surface area contributed by atoms with Crippen LogP contribution < -0.4 is 4.74 Å². The molecule has 2 aliphatic heterocycles. The second-order valence-corrected chi connectivity index (χ2v) is 8.27. The summed E-state index contributed by atoms with van der Waals surface area (Å²) >= 11 is 0. The van der Waals surface area contributed by atoms with Crippen LogP contribution in [0, 0.1) is 0 Å². The van der Waals surface area contributed by atoms with Crippen molar-refractivity contribution >= 4 is 17.4 Å². The average Bonchev–Trinajstić information content (AvgIpc) is 3.12. The fourth-order valence-corrected chi connectivity index (χ4v) is 4.37. The van der Waals surface area contributed by atoms with Crippen molar-refractivity contribution in [2.24, 2.45) is 0 Å². The molecule has 1 amide bonds. The molecule has 0 radical (unpaired) electrons. The summed E-state index contributed by atoms with van der Waals surface area (Å²) in [5.74, 6) is -0.767. The van der Waals surface area contributed by atoms with Gasteiger partial charge < -0.3 is 19.5 Å². The van der Waals surface area contributed by atoms with Crippen LogP contribution in [0.3, 0.4) is 0 Å². The van der Waals surface area contributed by atoms with Gasteiger partial charge in [-0.1, -0.05) is 31.2 Å². The van der Waals surface area contributed by atoms with E-state index < -0.39 is 17.7 Å². The van der Waals surface area contributed by atoms with E-state index in [9.17, 15) is 14.7 Å². The molecule has 0 aliphatic carbocycles. The molecule has 174 valence electrons. The molecule has 33 heavy (non-hydrogen) atoms. The number of Topliss-reactive ketones (excluding diaryl/α,β-unsaturated/α-hetero) is 1. The number of aliphatic hydroxyl groups is 1. The third-order valence-corrected chi connectivity index (χ3v) is 6.37. The Bertz CT molecular complexity index is 1020. The summed E-state index contributed by atoms with van der Waals surface area (Å²) in [6, 6.07) is 14.1. The van der Waals surface area contributed by atoms with Gasteiger partial charge in [0.25, 0.3) is 11.7 Å². The van der Waals surface area contributed by atoms with E-state index in [2.05, 4.69) is 11.8 Å². The molecule has 2 aliphatic rings. The van der Waals surface area contributed by atoms with Crippen LogP contribution in [0.25, 0.3) is 5.76 Å². The largest absolute Gasteiger partial charge is 0.507 e. The Balaban J connectivity index is 1.72. The monoisotopic (exact) mass is 450 g/mol. The minimum Gasteiger partial charge on any atom is -0.507 e. The van der Waals surface area contributed by atoms with Crippen molar-refractivity contribution in [3.05, 3.63) is 70.8 Å². The summed E-state index contributed by atoms with van der Waals surface area (Å²) in [6.07, 6.45) is 0.892. The Morgan fingerprint density at radius 3 is 2.30 bits per heavy atom. The summed E-state index contributed by atoms with van der Waals surface area (Å²) in [5, 5.41) is 11.2. The highest BCUT2D eigenvalue weighted by Gasteiger charge is 2.46. The third-order valence-electron chi connectivity index (χ3n) is 6.37. The Labute approximate surface area is 194 Å². The maximum absolute atomic E-state index is 13.1. The SMILES string of the molecule is CCc1ccc([C@H]2C(=C(O)c3ccc(OC)cc3)C(=O)C(=O)N2CCN2CCOCC2)cc1. The van der Waals surface area contributed by atoms with E-state index in [1.165, 1.54) is 5.56 Å². The number of morpholine rings is 1.